The third-order valence-electron chi connectivity index (χ3n) is 11.9. The first-order valence-electron chi connectivity index (χ1n) is 20.8. The molecule has 0 amide bonds. The van der Waals surface area contributed by atoms with E-state index in [2.05, 4.69) is 162 Å². The van der Waals surface area contributed by atoms with Gasteiger partial charge in [0.1, 0.15) is 11.2 Å². The molecule has 0 saturated carbocycles. The Labute approximate surface area is 357 Å². The van der Waals surface area contributed by atoms with Gasteiger partial charge in [-0.15, -0.1) is 0 Å². The van der Waals surface area contributed by atoms with E-state index in [1.54, 1.807) is 0 Å². The Kier molecular flexibility index (Phi) is 8.42. The molecule has 9 aromatic carbocycles. The lowest BCUT2D eigenvalue weighted by Gasteiger charge is -2.10. The van der Waals surface area contributed by atoms with Crippen LogP contribution in [0.3, 0.4) is 0 Å². The minimum Gasteiger partial charge on any atom is -0.455 e. The second kappa shape index (κ2) is 14.7. The van der Waals surface area contributed by atoms with Crippen LogP contribution in [0.15, 0.2) is 223 Å². The van der Waals surface area contributed by atoms with E-state index >= 15 is 0 Å². The van der Waals surface area contributed by atoms with Crippen LogP contribution in [-0.4, -0.2) is 19.5 Å². The third-order valence-corrected chi connectivity index (χ3v) is 11.9. The van der Waals surface area contributed by atoms with Crippen LogP contribution in [0.5, 0.6) is 0 Å². The van der Waals surface area contributed by atoms with Crippen molar-refractivity contribution in [3.05, 3.63) is 218 Å². The maximum Gasteiger partial charge on any atom is 0.164 e. The van der Waals surface area contributed by atoms with Gasteiger partial charge in [-0.2, -0.15) is 0 Å². The van der Waals surface area contributed by atoms with E-state index in [4.69, 9.17) is 19.4 Å². The van der Waals surface area contributed by atoms with E-state index in [1.165, 1.54) is 32.9 Å². The van der Waals surface area contributed by atoms with Crippen LogP contribution in [0, 0.1) is 0 Å². The summed E-state index contributed by atoms with van der Waals surface area (Å²) in [5, 5.41) is 4.65. The van der Waals surface area contributed by atoms with Crippen molar-refractivity contribution in [2.45, 2.75) is 0 Å². The van der Waals surface area contributed by atoms with Gasteiger partial charge in [0.05, 0.1) is 11.0 Å². The zero-order chi connectivity index (χ0) is 41.0. The summed E-state index contributed by atoms with van der Waals surface area (Å²) < 4.78 is 9.26. The van der Waals surface area contributed by atoms with Gasteiger partial charge in [-0.3, -0.25) is 0 Å². The van der Waals surface area contributed by atoms with Crippen LogP contribution in [0.2, 0.25) is 0 Å². The first-order chi connectivity index (χ1) is 30.7. The van der Waals surface area contributed by atoms with Gasteiger partial charge >= 0.3 is 0 Å². The molecule has 0 N–H and O–H groups in total. The molecule has 12 rings (SSSR count). The van der Waals surface area contributed by atoms with Crippen molar-refractivity contribution in [3.8, 4) is 73.2 Å². The van der Waals surface area contributed by atoms with Crippen LogP contribution in [0.4, 0.5) is 0 Å². The van der Waals surface area contributed by atoms with Gasteiger partial charge in [0, 0.05) is 55.0 Å². The molecule has 0 bridgehead atoms. The van der Waals surface area contributed by atoms with Gasteiger partial charge < -0.3 is 8.98 Å². The number of furan rings is 1. The molecule has 0 fully saturated rings. The molecule has 3 aromatic heterocycles. The number of nitrogens with zero attached hydrogens (tertiary/aromatic N) is 4. The largest absolute Gasteiger partial charge is 0.455 e. The van der Waals surface area contributed by atoms with E-state index in [9.17, 15) is 0 Å². The SMILES string of the molecule is c1ccc(-c2ccc3c(c2)c2ccccc2n3-c2ccc(-c3cccc4c3oc3c(-c5ccc(-c6nc(-c7ccccc7)nc(-c7ccccc7)n6)cc5)cccc34)cc2)cc1. The first-order valence-corrected chi connectivity index (χ1v) is 20.8. The molecule has 5 nitrogen and oxygen atoms in total. The highest BCUT2D eigenvalue weighted by molar-refractivity contribution is 6.13. The summed E-state index contributed by atoms with van der Waals surface area (Å²) in [6.45, 7) is 0. The molecule has 3 heterocycles. The lowest BCUT2D eigenvalue weighted by Crippen LogP contribution is -2.00. The third kappa shape index (κ3) is 6.06. The standard InChI is InChI=1S/C57H36N4O/c1-4-14-37(15-5-1)43-32-35-52-50(36-43)47-20-10-11-25-51(47)61(52)44-33-30-39(31-34-44)46-22-13-24-49-48-23-12-21-45(53(48)62-54(46)49)38-26-28-42(29-27-38)57-59-55(40-16-6-2-7-17-40)58-56(60-57)41-18-8-3-9-19-41/h1-36H. The van der Waals surface area contributed by atoms with Gasteiger partial charge in [-0.05, 0) is 52.6 Å². The van der Waals surface area contributed by atoms with Gasteiger partial charge in [-0.25, -0.2) is 15.0 Å². The Morgan fingerprint density at radius 3 is 1.27 bits per heavy atom. The maximum absolute atomic E-state index is 6.90. The monoisotopic (exact) mass is 792 g/mol. The number of aromatic nitrogens is 4. The summed E-state index contributed by atoms with van der Waals surface area (Å²) in [5.74, 6) is 1.90. The van der Waals surface area contributed by atoms with Gasteiger partial charge in [0.15, 0.2) is 17.5 Å². The molecule has 0 aliphatic rings. The van der Waals surface area contributed by atoms with Crippen molar-refractivity contribution >= 4 is 43.7 Å². The second-order valence-corrected chi connectivity index (χ2v) is 15.6. The van der Waals surface area contributed by atoms with E-state index in [0.717, 1.165) is 66.6 Å². The lowest BCUT2D eigenvalue weighted by atomic mass is 9.99. The molecular formula is C57H36N4O. The minimum atomic E-state index is 0.622. The van der Waals surface area contributed by atoms with Crippen molar-refractivity contribution in [3.63, 3.8) is 0 Å². The Bertz CT molecular complexity index is 3540. The number of rotatable bonds is 7. The predicted octanol–water partition coefficient (Wildman–Crippen LogP) is 14.9. The normalized spacial score (nSPS) is 11.5. The topological polar surface area (TPSA) is 56.7 Å². The smallest absolute Gasteiger partial charge is 0.164 e. The average Bonchev–Trinajstić information content (AvgIpc) is 3.91. The molecule has 0 atom stereocenters. The number of hydrogen-bond donors (Lipinski definition) is 0. The number of fused-ring (bicyclic) bond motifs is 6. The Morgan fingerprint density at radius 1 is 0.290 bits per heavy atom. The van der Waals surface area contributed by atoms with Crippen molar-refractivity contribution in [2.24, 2.45) is 0 Å². The van der Waals surface area contributed by atoms with Gasteiger partial charge in [0.2, 0.25) is 0 Å². The van der Waals surface area contributed by atoms with Gasteiger partial charge in [0.25, 0.3) is 0 Å². The highest BCUT2D eigenvalue weighted by Crippen LogP contribution is 2.41. The summed E-state index contributed by atoms with van der Waals surface area (Å²) >= 11 is 0. The van der Waals surface area contributed by atoms with Crippen molar-refractivity contribution in [2.75, 3.05) is 0 Å². The minimum absolute atomic E-state index is 0.622. The van der Waals surface area contributed by atoms with E-state index in [1.807, 2.05) is 60.7 Å². The average molecular weight is 793 g/mol. The van der Waals surface area contributed by atoms with Crippen LogP contribution in [0.1, 0.15) is 0 Å². The predicted molar refractivity (Wildman–Crippen MR) is 254 cm³/mol. The summed E-state index contributed by atoms with van der Waals surface area (Å²) in [5.41, 5.74) is 14.7. The van der Waals surface area contributed by atoms with Gasteiger partial charge in [-0.1, -0.05) is 188 Å². The molecule has 0 unspecified atom stereocenters. The fraction of sp³-hybridized carbons (Fsp3) is 0. The van der Waals surface area contributed by atoms with Crippen LogP contribution < -0.4 is 0 Å². The molecule has 12 aromatic rings. The van der Waals surface area contributed by atoms with Crippen molar-refractivity contribution < 1.29 is 4.42 Å². The highest BCUT2D eigenvalue weighted by atomic mass is 16.3. The van der Waals surface area contributed by atoms with Crippen LogP contribution in [0.25, 0.3) is 117 Å². The second-order valence-electron chi connectivity index (χ2n) is 15.6. The molecule has 290 valence electrons. The summed E-state index contributed by atoms with van der Waals surface area (Å²) in [4.78, 5) is 14.7. The van der Waals surface area contributed by atoms with Crippen LogP contribution in [-0.2, 0) is 0 Å². The lowest BCUT2D eigenvalue weighted by molar-refractivity contribution is 0.671. The summed E-state index contributed by atoms with van der Waals surface area (Å²) in [7, 11) is 0. The Morgan fingerprint density at radius 2 is 0.710 bits per heavy atom. The number of benzene rings is 9. The van der Waals surface area contributed by atoms with E-state index in [0.29, 0.717) is 17.5 Å². The zero-order valence-electron chi connectivity index (χ0n) is 33.5. The molecule has 0 radical (unpaired) electrons. The van der Waals surface area contributed by atoms with Crippen molar-refractivity contribution in [1.82, 2.24) is 19.5 Å². The fourth-order valence-electron chi connectivity index (χ4n) is 8.86. The fourth-order valence-corrected chi connectivity index (χ4v) is 8.86. The first kappa shape index (κ1) is 35.5. The molecule has 0 aliphatic heterocycles. The molecule has 5 heteroatoms. The van der Waals surface area contributed by atoms with Crippen molar-refractivity contribution in [1.29, 1.82) is 0 Å². The molecular weight excluding hydrogens is 757 g/mol. The zero-order valence-corrected chi connectivity index (χ0v) is 33.5. The number of hydrogen-bond acceptors (Lipinski definition) is 4. The summed E-state index contributed by atoms with van der Waals surface area (Å²) in [6.07, 6.45) is 0. The molecule has 0 aliphatic carbocycles. The number of para-hydroxylation sites is 3. The maximum atomic E-state index is 6.90. The molecule has 62 heavy (non-hydrogen) atoms. The summed E-state index contributed by atoms with van der Waals surface area (Å²) in [6, 6.07) is 76.3. The van der Waals surface area contributed by atoms with E-state index in [-0.39, 0.29) is 0 Å². The van der Waals surface area contributed by atoms with Crippen LogP contribution >= 0.6 is 0 Å². The Hall–Kier alpha value is -8.41. The Balaban J connectivity index is 0.902. The van der Waals surface area contributed by atoms with E-state index < -0.39 is 0 Å². The highest BCUT2D eigenvalue weighted by Gasteiger charge is 2.18. The molecule has 0 saturated heterocycles. The quantitative estimate of drug-likeness (QED) is 0.161. The molecule has 0 spiro atoms.